The predicted octanol–water partition coefficient (Wildman–Crippen LogP) is 2.42. The maximum atomic E-state index is 10.2. The first-order valence-corrected chi connectivity index (χ1v) is 7.91. The second kappa shape index (κ2) is 6.28. The van der Waals surface area contributed by atoms with Crippen LogP contribution in [-0.2, 0) is 6.54 Å². The molecule has 3 nitrogen and oxygen atoms in total. The molecule has 0 saturated carbocycles. The molecule has 0 unspecified atom stereocenters. The monoisotopic (exact) mass is 331 g/mol. The van der Waals surface area contributed by atoms with Gasteiger partial charge in [-0.25, -0.2) is 0 Å². The fourth-order valence-corrected chi connectivity index (χ4v) is 3.67. The van der Waals surface area contributed by atoms with E-state index in [4.69, 9.17) is 4.74 Å². The molecule has 1 fully saturated rings. The van der Waals surface area contributed by atoms with Crippen molar-refractivity contribution < 1.29 is 9.84 Å². The van der Waals surface area contributed by atoms with E-state index < -0.39 is 5.60 Å². The summed E-state index contributed by atoms with van der Waals surface area (Å²) in [4.78, 5) is 0. The van der Waals surface area contributed by atoms with Gasteiger partial charge in [-0.15, -0.1) is 0 Å². The number of nitrogens with one attached hydrogen (secondary N) is 1. The van der Waals surface area contributed by atoms with E-state index in [-0.39, 0.29) is 0 Å². The average molecular weight is 332 g/mol. The lowest BCUT2D eigenvalue weighted by molar-refractivity contribution is 0.0674. The molecule has 1 saturated heterocycles. The number of aliphatic hydroxyl groups is 1. The number of rotatable bonds is 5. The fraction of sp³-hybridized carbons (Fsp3) is 0.538. The van der Waals surface area contributed by atoms with Crippen LogP contribution in [-0.4, -0.2) is 35.9 Å². The summed E-state index contributed by atoms with van der Waals surface area (Å²) in [5, 5.41) is 13.5. The Labute approximate surface area is 120 Å². The Hall–Kier alpha value is -0.230. The Balaban J connectivity index is 1.90. The molecule has 0 radical (unpaired) electrons. The van der Waals surface area contributed by atoms with Crippen molar-refractivity contribution in [1.29, 1.82) is 0 Å². The van der Waals surface area contributed by atoms with Crippen LogP contribution < -0.4 is 10.1 Å². The molecule has 18 heavy (non-hydrogen) atoms. The van der Waals surface area contributed by atoms with E-state index in [1.54, 1.807) is 7.11 Å². The first kappa shape index (κ1) is 14.2. The number of thioether (sulfide) groups is 1. The van der Waals surface area contributed by atoms with Crippen molar-refractivity contribution in [2.45, 2.75) is 18.6 Å². The zero-order valence-corrected chi connectivity index (χ0v) is 12.8. The summed E-state index contributed by atoms with van der Waals surface area (Å²) in [6.07, 6.45) is 0.877. The van der Waals surface area contributed by atoms with E-state index in [9.17, 15) is 5.11 Å². The van der Waals surface area contributed by atoms with E-state index in [0.29, 0.717) is 13.1 Å². The van der Waals surface area contributed by atoms with Crippen LogP contribution in [0.25, 0.3) is 0 Å². The van der Waals surface area contributed by atoms with Crippen molar-refractivity contribution in [3.05, 3.63) is 28.2 Å². The van der Waals surface area contributed by atoms with Gasteiger partial charge in [-0.1, -0.05) is 22.0 Å². The topological polar surface area (TPSA) is 41.5 Å². The highest BCUT2D eigenvalue weighted by Gasteiger charge is 2.31. The Kier molecular flexibility index (Phi) is 4.95. The molecule has 0 aliphatic carbocycles. The number of ether oxygens (including phenoxy) is 1. The van der Waals surface area contributed by atoms with Gasteiger partial charge in [-0.05, 0) is 24.3 Å². The minimum Gasteiger partial charge on any atom is -0.496 e. The summed E-state index contributed by atoms with van der Waals surface area (Å²) in [5.74, 6) is 2.75. The molecule has 0 amide bonds. The second-order valence-electron chi connectivity index (χ2n) is 4.59. The van der Waals surface area contributed by atoms with Crippen LogP contribution >= 0.6 is 27.7 Å². The average Bonchev–Trinajstić information content (AvgIpc) is 2.78. The van der Waals surface area contributed by atoms with Crippen molar-refractivity contribution in [3.8, 4) is 5.75 Å². The van der Waals surface area contributed by atoms with Gasteiger partial charge in [0.15, 0.2) is 0 Å². The zero-order valence-electron chi connectivity index (χ0n) is 10.4. The summed E-state index contributed by atoms with van der Waals surface area (Å²) < 4.78 is 6.35. The van der Waals surface area contributed by atoms with Gasteiger partial charge in [-0.2, -0.15) is 11.8 Å². The molecule has 1 aromatic carbocycles. The molecule has 1 atom stereocenters. The number of hydrogen-bond acceptors (Lipinski definition) is 4. The van der Waals surface area contributed by atoms with Gasteiger partial charge in [0, 0.05) is 28.9 Å². The summed E-state index contributed by atoms with van der Waals surface area (Å²) in [5.41, 5.74) is 0.572. The van der Waals surface area contributed by atoms with Gasteiger partial charge >= 0.3 is 0 Å². The molecule has 2 N–H and O–H groups in total. The molecule has 100 valence electrons. The third kappa shape index (κ3) is 3.63. The quantitative estimate of drug-likeness (QED) is 0.869. The first-order valence-electron chi connectivity index (χ1n) is 5.96. The molecule has 0 spiro atoms. The number of benzene rings is 1. The molecule has 1 aliphatic heterocycles. The van der Waals surface area contributed by atoms with Crippen molar-refractivity contribution >= 4 is 27.7 Å². The van der Waals surface area contributed by atoms with Gasteiger partial charge in [0.25, 0.3) is 0 Å². The van der Waals surface area contributed by atoms with Crippen LogP contribution in [0, 0.1) is 0 Å². The Bertz CT molecular complexity index is 408. The second-order valence-corrected chi connectivity index (χ2v) is 6.61. The molecule has 1 aromatic rings. The van der Waals surface area contributed by atoms with Crippen molar-refractivity contribution in [2.75, 3.05) is 25.2 Å². The van der Waals surface area contributed by atoms with Crippen molar-refractivity contribution in [2.24, 2.45) is 0 Å². The lowest BCUT2D eigenvalue weighted by atomic mass is 10.0. The Morgan fingerprint density at radius 1 is 1.56 bits per heavy atom. The number of halogens is 1. The van der Waals surface area contributed by atoms with Gasteiger partial charge in [0.2, 0.25) is 0 Å². The highest BCUT2D eigenvalue weighted by molar-refractivity contribution is 9.10. The SMILES string of the molecule is COc1cc(Br)ccc1CNC[C@]1(O)CCSC1. The standard InChI is InChI=1S/C13H18BrNO2S/c1-17-12-6-11(14)3-2-10(12)7-15-8-13(16)4-5-18-9-13/h2-3,6,15-16H,4-5,7-9H2,1H3/t13-/m1/s1. The van der Waals surface area contributed by atoms with E-state index in [0.717, 1.165) is 33.7 Å². The Morgan fingerprint density at radius 3 is 3.06 bits per heavy atom. The fourth-order valence-electron chi connectivity index (χ4n) is 2.03. The van der Waals surface area contributed by atoms with E-state index in [2.05, 4.69) is 21.2 Å². The summed E-state index contributed by atoms with van der Waals surface area (Å²) in [6, 6.07) is 5.99. The maximum Gasteiger partial charge on any atom is 0.124 e. The summed E-state index contributed by atoms with van der Waals surface area (Å²) in [6.45, 7) is 1.35. The normalized spacial score (nSPS) is 23.3. The number of hydrogen-bond donors (Lipinski definition) is 2. The van der Waals surface area contributed by atoms with Crippen molar-refractivity contribution in [3.63, 3.8) is 0 Å². The molecule has 1 aliphatic rings. The number of methoxy groups -OCH3 is 1. The van der Waals surface area contributed by atoms with Crippen LogP contribution in [0.4, 0.5) is 0 Å². The van der Waals surface area contributed by atoms with Crippen molar-refractivity contribution in [1.82, 2.24) is 5.32 Å². The molecule has 0 bridgehead atoms. The minimum absolute atomic E-state index is 0.534. The Morgan fingerprint density at radius 2 is 2.39 bits per heavy atom. The van der Waals surface area contributed by atoms with Crippen LogP contribution in [0.15, 0.2) is 22.7 Å². The molecular formula is C13H18BrNO2S. The highest BCUT2D eigenvalue weighted by Crippen LogP contribution is 2.27. The third-order valence-electron chi connectivity index (χ3n) is 3.10. The zero-order chi connectivity index (χ0) is 13.0. The molecular weight excluding hydrogens is 314 g/mol. The smallest absolute Gasteiger partial charge is 0.124 e. The largest absolute Gasteiger partial charge is 0.496 e. The lowest BCUT2D eigenvalue weighted by Gasteiger charge is -2.22. The van der Waals surface area contributed by atoms with Crippen LogP contribution in [0.1, 0.15) is 12.0 Å². The first-order chi connectivity index (χ1) is 8.63. The van der Waals surface area contributed by atoms with E-state index in [1.165, 1.54) is 0 Å². The van der Waals surface area contributed by atoms with E-state index >= 15 is 0 Å². The highest BCUT2D eigenvalue weighted by atomic mass is 79.9. The molecule has 1 heterocycles. The van der Waals surface area contributed by atoms with Crippen LogP contribution in [0.3, 0.4) is 0 Å². The van der Waals surface area contributed by atoms with Gasteiger partial charge in [0.1, 0.15) is 5.75 Å². The predicted molar refractivity (Wildman–Crippen MR) is 79.3 cm³/mol. The third-order valence-corrected chi connectivity index (χ3v) is 4.83. The van der Waals surface area contributed by atoms with Crippen LogP contribution in [0.2, 0.25) is 0 Å². The lowest BCUT2D eigenvalue weighted by Crippen LogP contribution is -2.40. The molecule has 5 heteroatoms. The van der Waals surface area contributed by atoms with Crippen LogP contribution in [0.5, 0.6) is 5.75 Å². The summed E-state index contributed by atoms with van der Waals surface area (Å²) >= 11 is 5.24. The van der Waals surface area contributed by atoms with E-state index in [1.807, 2.05) is 30.0 Å². The molecule has 0 aromatic heterocycles. The molecule has 2 rings (SSSR count). The van der Waals surface area contributed by atoms with Gasteiger partial charge < -0.3 is 15.2 Å². The maximum absolute atomic E-state index is 10.2. The van der Waals surface area contributed by atoms with Gasteiger partial charge in [0.05, 0.1) is 12.7 Å². The summed E-state index contributed by atoms with van der Waals surface area (Å²) in [7, 11) is 1.67. The van der Waals surface area contributed by atoms with Gasteiger partial charge in [-0.3, -0.25) is 0 Å². The minimum atomic E-state index is -0.534.